The molecule has 4 N–H and O–H groups in total. The predicted octanol–water partition coefficient (Wildman–Crippen LogP) is 3.27. The van der Waals surface area contributed by atoms with E-state index in [1.165, 1.54) is 12.1 Å². The zero-order valence-electron chi connectivity index (χ0n) is 9.95. The van der Waals surface area contributed by atoms with Crippen molar-refractivity contribution in [3.63, 3.8) is 0 Å². The number of phenolic OH excluding ortho intramolecular Hbond substituents is 1. The first-order valence-corrected chi connectivity index (χ1v) is 6.22. The van der Waals surface area contributed by atoms with Gasteiger partial charge in [-0.2, -0.15) is 0 Å². The van der Waals surface area contributed by atoms with Gasteiger partial charge in [-0.05, 0) is 40.2 Å². The lowest BCUT2D eigenvalue weighted by atomic mass is 10.1. The van der Waals surface area contributed by atoms with Gasteiger partial charge in [0, 0.05) is 16.1 Å². The standard InChI is InChI=1S/C13H9BrF2N2O2/c14-8-4-7(15)5-9(16)12(8)18-13(20)6-1-2-10(17)11(19)3-6/h1-5,19H,17H2,(H,18,20). The number of nitrogens with two attached hydrogens (primary N) is 1. The largest absolute Gasteiger partial charge is 0.506 e. The first-order chi connectivity index (χ1) is 9.38. The third kappa shape index (κ3) is 2.88. The van der Waals surface area contributed by atoms with Gasteiger partial charge in [0.05, 0.1) is 11.4 Å². The van der Waals surface area contributed by atoms with Gasteiger partial charge >= 0.3 is 0 Å². The fourth-order valence-electron chi connectivity index (χ4n) is 1.53. The van der Waals surface area contributed by atoms with E-state index in [2.05, 4.69) is 21.2 Å². The average molecular weight is 343 g/mol. The number of benzene rings is 2. The Morgan fingerprint density at radius 2 is 1.95 bits per heavy atom. The molecule has 0 saturated carbocycles. The monoisotopic (exact) mass is 342 g/mol. The number of anilines is 2. The summed E-state index contributed by atoms with van der Waals surface area (Å²) < 4.78 is 26.6. The van der Waals surface area contributed by atoms with E-state index in [0.29, 0.717) is 6.07 Å². The van der Waals surface area contributed by atoms with Crippen LogP contribution >= 0.6 is 15.9 Å². The summed E-state index contributed by atoms with van der Waals surface area (Å²) in [6.07, 6.45) is 0. The molecule has 0 atom stereocenters. The lowest BCUT2D eigenvalue weighted by molar-refractivity contribution is 0.102. The van der Waals surface area contributed by atoms with E-state index < -0.39 is 17.5 Å². The number of nitrogens with one attached hydrogen (secondary N) is 1. The molecule has 0 aliphatic rings. The Balaban J connectivity index is 2.30. The Hall–Kier alpha value is -2.15. The Labute approximate surface area is 121 Å². The van der Waals surface area contributed by atoms with E-state index in [-0.39, 0.29) is 27.2 Å². The summed E-state index contributed by atoms with van der Waals surface area (Å²) in [5.41, 5.74) is 5.44. The highest BCUT2D eigenvalue weighted by Gasteiger charge is 2.14. The first-order valence-electron chi connectivity index (χ1n) is 5.43. The molecule has 0 radical (unpaired) electrons. The van der Waals surface area contributed by atoms with Crippen LogP contribution in [0.25, 0.3) is 0 Å². The lowest BCUT2D eigenvalue weighted by Crippen LogP contribution is -2.13. The molecule has 0 aliphatic heterocycles. The number of halogens is 3. The van der Waals surface area contributed by atoms with Crippen LogP contribution < -0.4 is 11.1 Å². The molecule has 20 heavy (non-hydrogen) atoms. The van der Waals surface area contributed by atoms with Gasteiger partial charge in [0.25, 0.3) is 5.91 Å². The van der Waals surface area contributed by atoms with Crippen molar-refractivity contribution in [2.45, 2.75) is 0 Å². The second kappa shape index (κ2) is 5.46. The molecule has 4 nitrogen and oxygen atoms in total. The second-order valence-corrected chi connectivity index (χ2v) is 4.83. The van der Waals surface area contributed by atoms with Gasteiger partial charge in [-0.15, -0.1) is 0 Å². The molecule has 7 heteroatoms. The molecule has 0 bridgehead atoms. The van der Waals surface area contributed by atoms with E-state index in [0.717, 1.165) is 12.1 Å². The minimum absolute atomic E-state index is 0.0722. The Kier molecular flexibility index (Phi) is 3.89. The van der Waals surface area contributed by atoms with Crippen molar-refractivity contribution in [1.82, 2.24) is 0 Å². The highest BCUT2D eigenvalue weighted by molar-refractivity contribution is 9.10. The number of nitrogen functional groups attached to an aromatic ring is 1. The third-order valence-corrected chi connectivity index (χ3v) is 3.16. The maximum Gasteiger partial charge on any atom is 0.255 e. The molecular weight excluding hydrogens is 334 g/mol. The van der Waals surface area contributed by atoms with Crippen LogP contribution in [0.3, 0.4) is 0 Å². The lowest BCUT2D eigenvalue weighted by Gasteiger charge is -2.09. The molecule has 1 amide bonds. The van der Waals surface area contributed by atoms with Gasteiger partial charge in [-0.1, -0.05) is 0 Å². The van der Waals surface area contributed by atoms with Crippen LogP contribution in [0.15, 0.2) is 34.8 Å². The Morgan fingerprint density at radius 1 is 1.25 bits per heavy atom. The highest BCUT2D eigenvalue weighted by Crippen LogP contribution is 2.28. The van der Waals surface area contributed by atoms with Gasteiger partial charge in [-0.3, -0.25) is 4.79 Å². The fraction of sp³-hybridized carbons (Fsp3) is 0. The summed E-state index contributed by atoms with van der Waals surface area (Å²) in [4.78, 5) is 11.9. The van der Waals surface area contributed by atoms with Gasteiger partial charge in [0.1, 0.15) is 11.6 Å². The quantitative estimate of drug-likeness (QED) is 0.579. The Morgan fingerprint density at radius 3 is 2.55 bits per heavy atom. The number of hydrogen-bond donors (Lipinski definition) is 3. The molecule has 0 heterocycles. The molecule has 0 aromatic heterocycles. The number of rotatable bonds is 2. The van der Waals surface area contributed by atoms with Gasteiger partial charge in [-0.25, -0.2) is 8.78 Å². The molecule has 104 valence electrons. The van der Waals surface area contributed by atoms with Gasteiger partial charge in [0.15, 0.2) is 5.82 Å². The van der Waals surface area contributed by atoms with Crippen molar-refractivity contribution in [2.75, 3.05) is 11.1 Å². The Bertz CT molecular complexity index is 669. The molecule has 0 aliphatic carbocycles. The molecule has 2 aromatic rings. The van der Waals surface area contributed by atoms with E-state index in [4.69, 9.17) is 5.73 Å². The van der Waals surface area contributed by atoms with Crippen LogP contribution in [-0.2, 0) is 0 Å². The molecule has 2 rings (SSSR count). The molecular formula is C13H9BrF2N2O2. The summed E-state index contributed by atoms with van der Waals surface area (Å²) in [7, 11) is 0. The van der Waals surface area contributed by atoms with Gasteiger partial charge in [0.2, 0.25) is 0 Å². The molecule has 0 spiro atoms. The summed E-state index contributed by atoms with van der Waals surface area (Å²) >= 11 is 2.96. The minimum Gasteiger partial charge on any atom is -0.506 e. The molecule has 0 unspecified atom stereocenters. The van der Waals surface area contributed by atoms with E-state index in [1.807, 2.05) is 0 Å². The van der Waals surface area contributed by atoms with Crippen LogP contribution in [0.5, 0.6) is 5.75 Å². The zero-order valence-corrected chi connectivity index (χ0v) is 11.5. The number of hydrogen-bond acceptors (Lipinski definition) is 3. The van der Waals surface area contributed by atoms with E-state index >= 15 is 0 Å². The summed E-state index contributed by atoms with van der Waals surface area (Å²) in [5.74, 6) is -2.59. The van der Waals surface area contributed by atoms with Crippen LogP contribution in [0.4, 0.5) is 20.2 Å². The van der Waals surface area contributed by atoms with Crippen LogP contribution in [0.1, 0.15) is 10.4 Å². The maximum atomic E-state index is 13.6. The van der Waals surface area contributed by atoms with Gasteiger partial charge < -0.3 is 16.2 Å². The molecule has 0 fully saturated rings. The first kappa shape index (κ1) is 14.3. The predicted molar refractivity (Wildman–Crippen MR) is 74.5 cm³/mol. The normalized spacial score (nSPS) is 10.3. The van der Waals surface area contributed by atoms with Crippen molar-refractivity contribution >= 4 is 33.2 Å². The molecule has 2 aromatic carbocycles. The minimum atomic E-state index is -0.912. The van der Waals surface area contributed by atoms with Crippen molar-refractivity contribution < 1.29 is 18.7 Å². The van der Waals surface area contributed by atoms with Crippen molar-refractivity contribution in [2.24, 2.45) is 0 Å². The second-order valence-electron chi connectivity index (χ2n) is 3.97. The number of amides is 1. The highest BCUT2D eigenvalue weighted by atomic mass is 79.9. The zero-order chi connectivity index (χ0) is 14.9. The van der Waals surface area contributed by atoms with Crippen LogP contribution in [0, 0.1) is 11.6 Å². The number of carbonyl (C=O) groups excluding carboxylic acids is 1. The van der Waals surface area contributed by atoms with Crippen molar-refractivity contribution in [3.05, 3.63) is 52.0 Å². The number of aromatic hydroxyl groups is 1. The SMILES string of the molecule is Nc1ccc(C(=O)Nc2c(F)cc(F)cc2Br)cc1O. The van der Waals surface area contributed by atoms with Crippen molar-refractivity contribution in [3.8, 4) is 5.75 Å². The number of carbonyl (C=O) groups is 1. The number of phenols is 1. The summed E-state index contributed by atoms with van der Waals surface area (Å²) in [6.45, 7) is 0. The topological polar surface area (TPSA) is 75.4 Å². The maximum absolute atomic E-state index is 13.6. The van der Waals surface area contributed by atoms with E-state index in [9.17, 15) is 18.7 Å². The summed E-state index contributed by atoms with van der Waals surface area (Å²) in [6, 6.07) is 5.56. The van der Waals surface area contributed by atoms with Crippen LogP contribution in [-0.4, -0.2) is 11.0 Å². The molecule has 0 saturated heterocycles. The van der Waals surface area contributed by atoms with E-state index in [1.54, 1.807) is 0 Å². The smallest absolute Gasteiger partial charge is 0.255 e. The average Bonchev–Trinajstić information content (AvgIpc) is 2.36. The van der Waals surface area contributed by atoms with Crippen molar-refractivity contribution in [1.29, 1.82) is 0 Å². The summed E-state index contributed by atoms with van der Waals surface area (Å²) in [5, 5.41) is 11.7. The van der Waals surface area contributed by atoms with Crippen LogP contribution in [0.2, 0.25) is 0 Å². The fourth-order valence-corrected chi connectivity index (χ4v) is 2.04. The third-order valence-electron chi connectivity index (χ3n) is 2.54.